The van der Waals surface area contributed by atoms with Gasteiger partial charge in [-0.2, -0.15) is 11.8 Å². The van der Waals surface area contributed by atoms with Crippen LogP contribution >= 0.6 is 11.8 Å². The minimum absolute atomic E-state index is 0.873. The molecule has 0 fully saturated rings. The Hall–Kier alpha value is -0.240. The van der Waals surface area contributed by atoms with Crippen molar-refractivity contribution < 1.29 is 0 Å². The lowest BCUT2D eigenvalue weighted by atomic mass is 10.3. The van der Waals surface area contributed by atoms with Crippen LogP contribution in [0.25, 0.3) is 0 Å². The van der Waals surface area contributed by atoms with E-state index in [2.05, 4.69) is 17.3 Å². The van der Waals surface area contributed by atoms with Crippen LogP contribution in [0.4, 0.5) is 0 Å². The molecule has 0 aliphatic carbocycles. The monoisotopic (exact) mass is 126 g/mol. The molecule has 1 nitrogen and oxygen atoms in total. The standard InChI is InChI=1S/C6H8NS/c1-8-6-3-2-4-7-5-6/h2-4H,5H2,1H3. The Bertz CT molecular complexity index is 118. The van der Waals surface area contributed by atoms with Crippen LogP contribution < -0.4 is 0 Å². The molecular formula is C6H8NS. The van der Waals surface area contributed by atoms with Gasteiger partial charge < -0.3 is 0 Å². The largest absolute Gasteiger partial charge is 0.291 e. The number of dihydropyridines is 1. The maximum Gasteiger partial charge on any atom is 0.0734 e. The van der Waals surface area contributed by atoms with Crippen LogP contribution in [0.1, 0.15) is 0 Å². The van der Waals surface area contributed by atoms with Gasteiger partial charge in [0.2, 0.25) is 0 Å². The second kappa shape index (κ2) is 2.92. The number of aliphatic imine (C=N–C) groups is 1. The highest BCUT2D eigenvalue weighted by Gasteiger charge is 2.01. The number of hydrogen-bond acceptors (Lipinski definition) is 2. The first kappa shape index (κ1) is 5.89. The Kier molecular flexibility index (Phi) is 2.15. The predicted molar refractivity (Wildman–Crippen MR) is 39.3 cm³/mol. The normalized spacial score (nSPS) is 19.6. The summed E-state index contributed by atoms with van der Waals surface area (Å²) in [6.45, 7) is 0.873. The summed E-state index contributed by atoms with van der Waals surface area (Å²) >= 11 is 1.76. The maximum absolute atomic E-state index is 4.06. The Morgan fingerprint density at radius 1 is 1.75 bits per heavy atom. The van der Waals surface area contributed by atoms with Crippen molar-refractivity contribution in [1.29, 1.82) is 0 Å². The van der Waals surface area contributed by atoms with Crippen LogP contribution in [0.5, 0.6) is 0 Å². The van der Waals surface area contributed by atoms with Gasteiger partial charge in [-0.1, -0.05) is 6.08 Å². The topological polar surface area (TPSA) is 12.4 Å². The van der Waals surface area contributed by atoms with E-state index in [9.17, 15) is 0 Å². The molecule has 1 heterocycles. The summed E-state index contributed by atoms with van der Waals surface area (Å²) in [7, 11) is 0. The lowest BCUT2D eigenvalue weighted by molar-refractivity contribution is 1.15. The van der Waals surface area contributed by atoms with E-state index < -0.39 is 0 Å². The highest BCUT2D eigenvalue weighted by molar-refractivity contribution is 8.01. The number of hydrogen-bond donors (Lipinski definition) is 0. The lowest BCUT2D eigenvalue weighted by Crippen LogP contribution is -1.95. The van der Waals surface area contributed by atoms with Crippen molar-refractivity contribution >= 4 is 18.0 Å². The molecule has 0 N–H and O–H groups in total. The van der Waals surface area contributed by atoms with E-state index in [0.29, 0.717) is 0 Å². The molecular weight excluding hydrogens is 118 g/mol. The fourth-order valence-electron chi connectivity index (χ4n) is 0.539. The van der Waals surface area contributed by atoms with Gasteiger partial charge >= 0.3 is 0 Å². The Labute approximate surface area is 53.9 Å². The van der Waals surface area contributed by atoms with Gasteiger partial charge in [0.1, 0.15) is 0 Å². The Morgan fingerprint density at radius 3 is 3.00 bits per heavy atom. The van der Waals surface area contributed by atoms with E-state index in [1.807, 2.05) is 12.3 Å². The summed E-state index contributed by atoms with van der Waals surface area (Å²) in [6, 6.07) is 0. The molecule has 0 spiro atoms. The molecule has 0 unspecified atom stereocenters. The van der Waals surface area contributed by atoms with E-state index in [1.54, 1.807) is 11.8 Å². The molecule has 1 rings (SSSR count). The summed E-state index contributed by atoms with van der Waals surface area (Å²) < 4.78 is 0. The van der Waals surface area contributed by atoms with E-state index in [4.69, 9.17) is 0 Å². The average molecular weight is 126 g/mol. The fourth-order valence-corrected chi connectivity index (χ4v) is 0.957. The molecule has 2 heteroatoms. The summed E-state index contributed by atoms with van der Waals surface area (Å²) in [6.07, 6.45) is 7.97. The van der Waals surface area contributed by atoms with Crippen molar-refractivity contribution in [3.63, 3.8) is 0 Å². The van der Waals surface area contributed by atoms with Crippen LogP contribution in [0.3, 0.4) is 0 Å². The third-order valence-corrected chi connectivity index (χ3v) is 1.77. The van der Waals surface area contributed by atoms with E-state index in [1.165, 1.54) is 5.25 Å². The van der Waals surface area contributed by atoms with Gasteiger partial charge in [-0.05, 0) is 12.3 Å². The zero-order valence-electron chi connectivity index (χ0n) is 4.79. The molecule has 0 bridgehead atoms. The zero-order chi connectivity index (χ0) is 5.82. The summed E-state index contributed by atoms with van der Waals surface area (Å²) in [5, 5.41) is 1.34. The van der Waals surface area contributed by atoms with Crippen LogP contribution in [-0.2, 0) is 0 Å². The minimum atomic E-state index is 0.873. The molecule has 0 aromatic rings. The molecule has 0 atom stereocenters. The van der Waals surface area contributed by atoms with Crippen molar-refractivity contribution in [2.24, 2.45) is 4.99 Å². The number of allylic oxidation sites excluding steroid dienone is 1. The van der Waals surface area contributed by atoms with Crippen LogP contribution in [0, 0.1) is 5.25 Å². The van der Waals surface area contributed by atoms with Crippen molar-refractivity contribution in [2.45, 2.75) is 0 Å². The zero-order valence-corrected chi connectivity index (χ0v) is 5.61. The molecule has 0 amide bonds. The predicted octanol–water partition coefficient (Wildman–Crippen LogP) is 1.52. The highest BCUT2D eigenvalue weighted by atomic mass is 32.2. The lowest BCUT2D eigenvalue weighted by Gasteiger charge is -2.05. The van der Waals surface area contributed by atoms with Gasteiger partial charge in [-0.3, -0.25) is 4.99 Å². The minimum Gasteiger partial charge on any atom is -0.291 e. The second-order valence-corrected chi connectivity index (χ2v) is 2.45. The molecule has 1 radical (unpaired) electrons. The van der Waals surface area contributed by atoms with Crippen molar-refractivity contribution in [3.05, 3.63) is 17.4 Å². The van der Waals surface area contributed by atoms with Gasteiger partial charge in [0, 0.05) is 6.21 Å². The van der Waals surface area contributed by atoms with E-state index in [0.717, 1.165) is 6.54 Å². The molecule has 1 aliphatic heterocycles. The van der Waals surface area contributed by atoms with Gasteiger partial charge in [-0.25, -0.2) is 0 Å². The smallest absolute Gasteiger partial charge is 0.0734 e. The number of rotatable bonds is 1. The maximum atomic E-state index is 4.06. The Morgan fingerprint density at radius 2 is 2.62 bits per heavy atom. The van der Waals surface area contributed by atoms with Gasteiger partial charge in [-0.15, -0.1) is 0 Å². The quantitative estimate of drug-likeness (QED) is 0.519. The van der Waals surface area contributed by atoms with Gasteiger partial charge in [0.25, 0.3) is 0 Å². The van der Waals surface area contributed by atoms with E-state index in [-0.39, 0.29) is 0 Å². The van der Waals surface area contributed by atoms with Crippen molar-refractivity contribution in [1.82, 2.24) is 0 Å². The third-order valence-electron chi connectivity index (χ3n) is 0.983. The molecule has 0 saturated heterocycles. The first-order valence-electron chi connectivity index (χ1n) is 2.50. The van der Waals surface area contributed by atoms with Crippen molar-refractivity contribution in [3.8, 4) is 0 Å². The summed E-state index contributed by atoms with van der Waals surface area (Å²) in [4.78, 5) is 4.06. The van der Waals surface area contributed by atoms with Crippen molar-refractivity contribution in [2.75, 3.05) is 12.8 Å². The summed E-state index contributed by atoms with van der Waals surface area (Å²) in [5.41, 5.74) is 0. The fraction of sp³-hybridized carbons (Fsp3) is 0.333. The molecule has 8 heavy (non-hydrogen) atoms. The van der Waals surface area contributed by atoms with Crippen LogP contribution in [0.2, 0.25) is 0 Å². The molecule has 43 valence electrons. The second-order valence-electron chi connectivity index (χ2n) is 1.52. The first-order valence-corrected chi connectivity index (χ1v) is 3.72. The SMILES string of the molecule is CS[C]1C=CC=NC1. The third kappa shape index (κ3) is 1.37. The summed E-state index contributed by atoms with van der Waals surface area (Å²) in [5.74, 6) is 0. The first-order chi connectivity index (χ1) is 3.93. The number of nitrogens with zero attached hydrogens (tertiary/aromatic N) is 1. The van der Waals surface area contributed by atoms with E-state index >= 15 is 0 Å². The average Bonchev–Trinajstić information content (AvgIpc) is 1.90. The Balaban J connectivity index is 2.40. The van der Waals surface area contributed by atoms with Crippen LogP contribution in [0.15, 0.2) is 17.1 Å². The molecule has 0 aromatic carbocycles. The molecule has 0 saturated carbocycles. The van der Waals surface area contributed by atoms with Gasteiger partial charge in [0.15, 0.2) is 0 Å². The van der Waals surface area contributed by atoms with Gasteiger partial charge in [0.05, 0.1) is 11.8 Å². The van der Waals surface area contributed by atoms with Crippen LogP contribution in [-0.4, -0.2) is 19.0 Å². The molecule has 1 aliphatic rings. The molecule has 0 aromatic heterocycles. The number of thioether (sulfide) groups is 1. The highest BCUT2D eigenvalue weighted by Crippen LogP contribution is 2.18.